The summed E-state index contributed by atoms with van der Waals surface area (Å²) < 4.78 is 36.5. The van der Waals surface area contributed by atoms with Gasteiger partial charge in [0.2, 0.25) is 0 Å². The molecule has 0 saturated carbocycles. The molecule has 1 saturated heterocycles. The van der Waals surface area contributed by atoms with Crippen LogP contribution in [0.5, 0.6) is 0 Å². The van der Waals surface area contributed by atoms with Crippen LogP contribution in [0.4, 0.5) is 10.1 Å². The molecule has 1 aromatic rings. The molecule has 1 amide bonds. The minimum absolute atomic E-state index is 0.0211. The highest BCUT2D eigenvalue weighted by atomic mass is 32.2. The molecule has 9 heteroatoms. The summed E-state index contributed by atoms with van der Waals surface area (Å²) in [6.07, 6.45) is 0.279. The fourth-order valence-electron chi connectivity index (χ4n) is 2.23. The fraction of sp³-hybridized carbons (Fsp3) is 0.417. The van der Waals surface area contributed by atoms with Crippen LogP contribution in [-0.4, -0.2) is 48.7 Å². The third-order valence-electron chi connectivity index (χ3n) is 3.47. The summed E-state index contributed by atoms with van der Waals surface area (Å²) in [5.41, 5.74) is -0.830. The van der Waals surface area contributed by atoms with Gasteiger partial charge in [0.05, 0.1) is 22.0 Å². The number of nitro groups is 1. The van der Waals surface area contributed by atoms with E-state index in [1.807, 2.05) is 0 Å². The molecule has 1 aliphatic heterocycles. The normalized spacial score (nSPS) is 20.2. The zero-order chi connectivity index (χ0) is 15.8. The first-order chi connectivity index (χ1) is 9.71. The van der Waals surface area contributed by atoms with Crippen molar-refractivity contribution in [2.24, 2.45) is 0 Å². The molecule has 1 unspecified atom stereocenters. The van der Waals surface area contributed by atoms with Crippen LogP contribution in [0.25, 0.3) is 0 Å². The van der Waals surface area contributed by atoms with Gasteiger partial charge in [-0.2, -0.15) is 0 Å². The molecule has 0 spiro atoms. The zero-order valence-electron chi connectivity index (χ0n) is 11.2. The van der Waals surface area contributed by atoms with Crippen LogP contribution in [0.1, 0.15) is 16.8 Å². The van der Waals surface area contributed by atoms with Crippen molar-refractivity contribution in [3.05, 3.63) is 39.7 Å². The largest absolute Gasteiger partial charge is 0.338 e. The van der Waals surface area contributed by atoms with Gasteiger partial charge in [-0.15, -0.1) is 0 Å². The average Bonchev–Trinajstić information content (AvgIpc) is 2.77. The molecule has 0 aliphatic carbocycles. The van der Waals surface area contributed by atoms with Gasteiger partial charge in [-0.05, 0) is 12.5 Å². The van der Waals surface area contributed by atoms with E-state index in [-0.39, 0.29) is 17.9 Å². The molecular formula is C12H13FN2O5S. The minimum atomic E-state index is -3.18. The van der Waals surface area contributed by atoms with Crippen LogP contribution >= 0.6 is 0 Å². The van der Waals surface area contributed by atoms with Crippen LogP contribution in [0.2, 0.25) is 0 Å². The van der Waals surface area contributed by atoms with Crippen LogP contribution < -0.4 is 0 Å². The van der Waals surface area contributed by atoms with Crippen molar-refractivity contribution in [2.45, 2.75) is 12.5 Å². The standard InChI is InChI=1S/C12H13FN2O5S/c1-14(9-4-5-21(19,20)7-9)12(16)10-6-8(15(17)18)2-3-11(10)13/h2-3,6,9H,4-5,7H2,1H3. The maximum atomic E-state index is 13.7. The van der Waals surface area contributed by atoms with Gasteiger partial charge in [0.25, 0.3) is 11.6 Å². The Labute approximate surface area is 120 Å². The fourth-order valence-corrected chi connectivity index (χ4v) is 4.00. The molecule has 0 radical (unpaired) electrons. The maximum Gasteiger partial charge on any atom is 0.270 e. The number of benzene rings is 1. The van der Waals surface area contributed by atoms with E-state index >= 15 is 0 Å². The van der Waals surface area contributed by atoms with Crippen LogP contribution in [0.3, 0.4) is 0 Å². The molecule has 7 nitrogen and oxygen atoms in total. The lowest BCUT2D eigenvalue weighted by Gasteiger charge is -2.23. The topological polar surface area (TPSA) is 97.6 Å². The van der Waals surface area contributed by atoms with Gasteiger partial charge < -0.3 is 4.90 Å². The molecule has 0 N–H and O–H groups in total. The number of nitro benzene ring substituents is 1. The van der Waals surface area contributed by atoms with E-state index < -0.39 is 43.8 Å². The summed E-state index contributed by atoms with van der Waals surface area (Å²) >= 11 is 0. The molecule has 2 rings (SSSR count). The SMILES string of the molecule is CN(C(=O)c1cc([N+](=O)[O-])ccc1F)C1CCS(=O)(=O)C1. The summed E-state index contributed by atoms with van der Waals surface area (Å²) in [7, 11) is -1.82. The number of carbonyl (C=O) groups is 1. The third kappa shape index (κ3) is 3.18. The molecular weight excluding hydrogens is 303 g/mol. The Morgan fingerprint density at radius 2 is 2.14 bits per heavy atom. The summed E-state index contributed by atoms with van der Waals surface area (Å²) in [5.74, 6) is -1.84. The molecule has 1 aliphatic rings. The predicted molar refractivity (Wildman–Crippen MR) is 72.2 cm³/mol. The van der Waals surface area contributed by atoms with Gasteiger partial charge in [-0.1, -0.05) is 0 Å². The molecule has 1 atom stereocenters. The Morgan fingerprint density at radius 1 is 1.48 bits per heavy atom. The molecule has 21 heavy (non-hydrogen) atoms. The van der Waals surface area contributed by atoms with Crippen molar-refractivity contribution in [3.8, 4) is 0 Å². The zero-order valence-corrected chi connectivity index (χ0v) is 12.0. The lowest BCUT2D eigenvalue weighted by molar-refractivity contribution is -0.384. The number of sulfone groups is 1. The van der Waals surface area contributed by atoms with Gasteiger partial charge in [-0.3, -0.25) is 14.9 Å². The summed E-state index contributed by atoms with van der Waals surface area (Å²) in [6.45, 7) is 0. The number of hydrogen-bond donors (Lipinski definition) is 0. The Bertz CT molecular complexity index is 704. The Morgan fingerprint density at radius 3 is 2.67 bits per heavy atom. The van der Waals surface area contributed by atoms with Gasteiger partial charge >= 0.3 is 0 Å². The average molecular weight is 316 g/mol. The van der Waals surface area contributed by atoms with E-state index in [9.17, 15) is 27.7 Å². The van der Waals surface area contributed by atoms with Crippen molar-refractivity contribution in [2.75, 3.05) is 18.6 Å². The van der Waals surface area contributed by atoms with Crippen LogP contribution in [0.15, 0.2) is 18.2 Å². The number of hydrogen-bond acceptors (Lipinski definition) is 5. The third-order valence-corrected chi connectivity index (χ3v) is 5.22. The lowest BCUT2D eigenvalue weighted by Crippen LogP contribution is -2.38. The first-order valence-corrected chi connectivity index (χ1v) is 7.95. The van der Waals surface area contributed by atoms with E-state index in [4.69, 9.17) is 0 Å². The highest BCUT2D eigenvalue weighted by molar-refractivity contribution is 7.91. The van der Waals surface area contributed by atoms with E-state index in [0.717, 1.165) is 23.1 Å². The van der Waals surface area contributed by atoms with Crippen molar-refractivity contribution in [1.82, 2.24) is 4.90 Å². The minimum Gasteiger partial charge on any atom is -0.338 e. The van der Waals surface area contributed by atoms with Crippen LogP contribution in [0, 0.1) is 15.9 Å². The predicted octanol–water partition coefficient (Wildman–Crippen LogP) is 0.993. The number of carbonyl (C=O) groups excluding carboxylic acids is 1. The van der Waals surface area contributed by atoms with Gasteiger partial charge in [0.15, 0.2) is 9.84 Å². The quantitative estimate of drug-likeness (QED) is 0.612. The van der Waals surface area contributed by atoms with Gasteiger partial charge in [-0.25, -0.2) is 12.8 Å². The van der Waals surface area contributed by atoms with Crippen LogP contribution in [-0.2, 0) is 9.84 Å². The number of non-ortho nitro benzene ring substituents is 1. The highest BCUT2D eigenvalue weighted by Crippen LogP contribution is 2.22. The van der Waals surface area contributed by atoms with Gasteiger partial charge in [0, 0.05) is 25.2 Å². The second-order valence-corrected chi connectivity index (χ2v) is 7.12. The summed E-state index contributed by atoms with van der Waals surface area (Å²) in [6, 6.07) is 2.13. The van der Waals surface area contributed by atoms with Crippen molar-refractivity contribution in [1.29, 1.82) is 0 Å². The smallest absolute Gasteiger partial charge is 0.270 e. The second-order valence-electron chi connectivity index (χ2n) is 4.89. The van der Waals surface area contributed by atoms with Crippen molar-refractivity contribution >= 4 is 21.4 Å². The monoisotopic (exact) mass is 316 g/mol. The number of rotatable bonds is 3. The Balaban J connectivity index is 2.27. The second kappa shape index (κ2) is 5.40. The number of halogens is 1. The van der Waals surface area contributed by atoms with E-state index in [1.165, 1.54) is 7.05 Å². The first kappa shape index (κ1) is 15.4. The Hall–Kier alpha value is -2.03. The molecule has 1 fully saturated rings. The molecule has 1 aromatic carbocycles. The van der Waals surface area contributed by atoms with E-state index in [1.54, 1.807) is 0 Å². The van der Waals surface area contributed by atoms with E-state index in [0.29, 0.717) is 0 Å². The first-order valence-electron chi connectivity index (χ1n) is 6.13. The summed E-state index contributed by atoms with van der Waals surface area (Å²) in [4.78, 5) is 23.3. The molecule has 114 valence electrons. The van der Waals surface area contributed by atoms with Crippen molar-refractivity contribution in [3.63, 3.8) is 0 Å². The highest BCUT2D eigenvalue weighted by Gasteiger charge is 2.34. The number of nitrogens with zero attached hydrogens (tertiary/aromatic N) is 2. The van der Waals surface area contributed by atoms with Gasteiger partial charge in [0.1, 0.15) is 5.82 Å². The molecule has 1 heterocycles. The van der Waals surface area contributed by atoms with Crippen molar-refractivity contribution < 1.29 is 22.5 Å². The lowest BCUT2D eigenvalue weighted by atomic mass is 10.1. The Kier molecular flexibility index (Phi) is 3.95. The molecule has 0 aromatic heterocycles. The molecule has 0 bridgehead atoms. The van der Waals surface area contributed by atoms with E-state index in [2.05, 4.69) is 0 Å². The summed E-state index contributed by atoms with van der Waals surface area (Å²) in [5, 5.41) is 10.7. The maximum absolute atomic E-state index is 13.7. The number of amides is 1.